The molecule has 5 nitrogen and oxygen atoms in total. The number of carboxylic acid groups (broad SMARTS) is 1. The molecule has 4 rings (SSSR count). The number of carboxylic acids is 1. The first-order valence-electron chi connectivity index (χ1n) is 7.14. The van der Waals surface area contributed by atoms with Gasteiger partial charge in [0.2, 0.25) is 0 Å². The molecule has 3 N–H and O–H groups in total. The SMILES string of the molecule is O=C(NC1(C(=O)O)CC2(CCC2)C1)c1cc2sccc2[nH]1. The summed E-state index contributed by atoms with van der Waals surface area (Å²) < 4.78 is 1.01. The molecule has 0 bridgehead atoms. The van der Waals surface area contributed by atoms with Gasteiger partial charge in [0.1, 0.15) is 11.2 Å². The highest BCUT2D eigenvalue weighted by atomic mass is 32.1. The number of thiophene rings is 1. The van der Waals surface area contributed by atoms with Crippen LogP contribution in [0.15, 0.2) is 17.5 Å². The number of aromatic nitrogens is 1. The summed E-state index contributed by atoms with van der Waals surface area (Å²) >= 11 is 1.55. The van der Waals surface area contributed by atoms with E-state index in [1.807, 2.05) is 11.4 Å². The van der Waals surface area contributed by atoms with Gasteiger partial charge >= 0.3 is 5.97 Å². The fraction of sp³-hybridized carbons (Fsp3) is 0.467. The number of amides is 1. The smallest absolute Gasteiger partial charge is 0.329 e. The zero-order chi connectivity index (χ0) is 14.7. The fourth-order valence-electron chi connectivity index (χ4n) is 3.81. The van der Waals surface area contributed by atoms with Crippen molar-refractivity contribution in [1.29, 1.82) is 0 Å². The molecule has 21 heavy (non-hydrogen) atoms. The maximum atomic E-state index is 12.3. The van der Waals surface area contributed by atoms with Crippen LogP contribution in [-0.4, -0.2) is 27.5 Å². The second-order valence-corrected chi connectivity index (χ2v) is 7.38. The average Bonchev–Trinajstić information content (AvgIpc) is 2.90. The van der Waals surface area contributed by atoms with Gasteiger partial charge in [0.05, 0.1) is 10.2 Å². The molecule has 2 aliphatic carbocycles. The van der Waals surface area contributed by atoms with Gasteiger partial charge in [-0.15, -0.1) is 11.3 Å². The summed E-state index contributed by atoms with van der Waals surface area (Å²) in [5, 5.41) is 14.2. The molecule has 2 aromatic heterocycles. The van der Waals surface area contributed by atoms with E-state index in [-0.39, 0.29) is 11.3 Å². The van der Waals surface area contributed by atoms with E-state index in [4.69, 9.17) is 0 Å². The Morgan fingerprint density at radius 2 is 2.10 bits per heavy atom. The molecule has 0 aliphatic heterocycles. The van der Waals surface area contributed by atoms with Crippen LogP contribution in [0.3, 0.4) is 0 Å². The van der Waals surface area contributed by atoms with Crippen LogP contribution in [-0.2, 0) is 4.79 Å². The van der Waals surface area contributed by atoms with E-state index in [9.17, 15) is 14.7 Å². The summed E-state index contributed by atoms with van der Waals surface area (Å²) in [5.41, 5.74) is 0.461. The number of H-pyrrole nitrogens is 1. The van der Waals surface area contributed by atoms with Crippen molar-refractivity contribution < 1.29 is 14.7 Å². The number of aliphatic carboxylic acids is 1. The summed E-state index contributed by atoms with van der Waals surface area (Å²) in [6.07, 6.45) is 4.50. The zero-order valence-corrected chi connectivity index (χ0v) is 12.3. The molecule has 2 heterocycles. The topological polar surface area (TPSA) is 82.2 Å². The van der Waals surface area contributed by atoms with Gasteiger partial charge in [-0.3, -0.25) is 4.79 Å². The quantitative estimate of drug-likeness (QED) is 0.815. The Morgan fingerprint density at radius 1 is 1.33 bits per heavy atom. The molecule has 0 aromatic carbocycles. The molecule has 2 saturated carbocycles. The van der Waals surface area contributed by atoms with E-state index in [0.29, 0.717) is 18.5 Å². The molecular formula is C15H16N2O3S. The summed E-state index contributed by atoms with van der Waals surface area (Å²) in [5.74, 6) is -1.24. The van der Waals surface area contributed by atoms with Gasteiger partial charge in [-0.05, 0) is 48.6 Å². The highest BCUT2D eigenvalue weighted by Gasteiger charge is 2.61. The van der Waals surface area contributed by atoms with E-state index < -0.39 is 11.5 Å². The summed E-state index contributed by atoms with van der Waals surface area (Å²) in [7, 11) is 0. The molecule has 6 heteroatoms. The molecule has 2 fully saturated rings. The van der Waals surface area contributed by atoms with Crippen LogP contribution in [0, 0.1) is 5.41 Å². The van der Waals surface area contributed by atoms with Gasteiger partial charge in [0.25, 0.3) is 5.91 Å². The number of hydrogen-bond donors (Lipinski definition) is 3. The van der Waals surface area contributed by atoms with Crippen LogP contribution in [0.25, 0.3) is 10.2 Å². The highest BCUT2D eigenvalue weighted by molar-refractivity contribution is 7.17. The van der Waals surface area contributed by atoms with Crippen molar-refractivity contribution in [3.63, 3.8) is 0 Å². The maximum absolute atomic E-state index is 12.3. The van der Waals surface area contributed by atoms with Crippen molar-refractivity contribution in [2.45, 2.75) is 37.6 Å². The summed E-state index contributed by atoms with van der Waals surface area (Å²) in [4.78, 5) is 27.0. The van der Waals surface area contributed by atoms with Gasteiger partial charge < -0.3 is 15.4 Å². The molecule has 0 unspecified atom stereocenters. The largest absolute Gasteiger partial charge is 0.480 e. The third-order valence-corrected chi connectivity index (χ3v) is 5.88. The minimum Gasteiger partial charge on any atom is -0.480 e. The Bertz CT molecular complexity index is 705. The number of nitrogens with one attached hydrogen (secondary N) is 2. The lowest BCUT2D eigenvalue weighted by Gasteiger charge is -2.58. The summed E-state index contributed by atoms with van der Waals surface area (Å²) in [6, 6.07) is 3.69. The fourth-order valence-corrected chi connectivity index (χ4v) is 4.59. The van der Waals surface area contributed by atoms with Crippen LogP contribution in [0.1, 0.15) is 42.6 Å². The van der Waals surface area contributed by atoms with Crippen molar-refractivity contribution in [2.24, 2.45) is 5.41 Å². The predicted molar refractivity (Wildman–Crippen MR) is 79.5 cm³/mol. The second kappa shape index (κ2) is 4.10. The van der Waals surface area contributed by atoms with Crippen LogP contribution >= 0.6 is 11.3 Å². The van der Waals surface area contributed by atoms with Crippen LogP contribution in [0.5, 0.6) is 0 Å². The highest BCUT2D eigenvalue weighted by Crippen LogP contribution is 2.60. The van der Waals surface area contributed by atoms with Gasteiger partial charge in [-0.1, -0.05) is 6.42 Å². The number of carbonyl (C=O) groups excluding carboxylic acids is 1. The molecule has 1 amide bonds. The van der Waals surface area contributed by atoms with E-state index in [1.165, 1.54) is 6.42 Å². The van der Waals surface area contributed by atoms with Crippen LogP contribution in [0.4, 0.5) is 0 Å². The van der Waals surface area contributed by atoms with Gasteiger partial charge in [0, 0.05) is 0 Å². The number of rotatable bonds is 3. The molecule has 1 spiro atoms. The lowest BCUT2D eigenvalue weighted by Crippen LogP contribution is -2.68. The summed E-state index contributed by atoms with van der Waals surface area (Å²) in [6.45, 7) is 0. The van der Waals surface area contributed by atoms with Crippen LogP contribution < -0.4 is 5.32 Å². The first-order chi connectivity index (χ1) is 10.0. The second-order valence-electron chi connectivity index (χ2n) is 6.43. The minimum atomic E-state index is -1.07. The Kier molecular flexibility index (Phi) is 2.52. The molecule has 2 aliphatic rings. The number of carbonyl (C=O) groups is 2. The Morgan fingerprint density at radius 3 is 2.67 bits per heavy atom. The maximum Gasteiger partial charge on any atom is 0.329 e. The zero-order valence-electron chi connectivity index (χ0n) is 11.4. The third kappa shape index (κ3) is 1.82. The molecular weight excluding hydrogens is 288 g/mol. The monoisotopic (exact) mass is 304 g/mol. The van der Waals surface area contributed by atoms with Crippen molar-refractivity contribution in [3.05, 3.63) is 23.2 Å². The van der Waals surface area contributed by atoms with E-state index >= 15 is 0 Å². The van der Waals surface area contributed by atoms with E-state index in [0.717, 1.165) is 23.1 Å². The molecule has 0 radical (unpaired) electrons. The lowest BCUT2D eigenvalue weighted by atomic mass is 9.48. The van der Waals surface area contributed by atoms with Gasteiger partial charge in [-0.25, -0.2) is 4.79 Å². The predicted octanol–water partition coefficient (Wildman–Crippen LogP) is 2.75. The van der Waals surface area contributed by atoms with Crippen LogP contribution in [0.2, 0.25) is 0 Å². The number of aromatic amines is 1. The molecule has 0 atom stereocenters. The Balaban J connectivity index is 1.54. The Hall–Kier alpha value is -1.82. The first kappa shape index (κ1) is 12.9. The Labute approximate surface area is 125 Å². The van der Waals surface area contributed by atoms with E-state index in [2.05, 4.69) is 10.3 Å². The van der Waals surface area contributed by atoms with E-state index in [1.54, 1.807) is 17.4 Å². The molecule has 0 saturated heterocycles. The van der Waals surface area contributed by atoms with Gasteiger partial charge in [-0.2, -0.15) is 0 Å². The average molecular weight is 304 g/mol. The molecule has 110 valence electrons. The van der Waals surface area contributed by atoms with Gasteiger partial charge in [0.15, 0.2) is 0 Å². The van der Waals surface area contributed by atoms with Crippen molar-refractivity contribution in [1.82, 2.24) is 10.3 Å². The number of hydrogen-bond acceptors (Lipinski definition) is 3. The minimum absolute atomic E-state index is 0.182. The van der Waals surface area contributed by atoms with Crippen molar-refractivity contribution in [2.75, 3.05) is 0 Å². The normalized spacial score (nSPS) is 21.7. The lowest BCUT2D eigenvalue weighted by molar-refractivity contribution is -0.161. The van der Waals surface area contributed by atoms with Crippen molar-refractivity contribution in [3.8, 4) is 0 Å². The third-order valence-electron chi connectivity index (χ3n) is 5.01. The first-order valence-corrected chi connectivity index (χ1v) is 8.02. The van der Waals surface area contributed by atoms with Crippen molar-refractivity contribution >= 4 is 33.4 Å². The molecule has 2 aromatic rings. The standard InChI is InChI=1S/C15H16N2O3S/c18-12(10-6-11-9(16-10)2-5-21-11)17-15(13(19)20)7-14(8-15)3-1-4-14/h2,5-6,16H,1,3-4,7-8H2,(H,17,18)(H,19,20). The number of fused-ring (bicyclic) bond motifs is 1.